The van der Waals surface area contributed by atoms with Gasteiger partial charge in [-0.2, -0.15) is 4.39 Å². The van der Waals surface area contributed by atoms with E-state index >= 15 is 0 Å². The standard InChI is InChI=1S/C10H8FNO5/c11-8-2-1-6(3-9(8)12(14)15)10(13)17-7-4-16-5-7/h1-3,7H,4-5H2. The van der Waals surface area contributed by atoms with Gasteiger partial charge in [-0.15, -0.1) is 0 Å². The first kappa shape index (κ1) is 11.5. The van der Waals surface area contributed by atoms with E-state index in [0.29, 0.717) is 13.2 Å². The van der Waals surface area contributed by atoms with Gasteiger partial charge in [0.1, 0.15) is 6.10 Å². The smallest absolute Gasteiger partial charge is 0.338 e. The molecule has 1 fully saturated rings. The van der Waals surface area contributed by atoms with Crippen LogP contribution in [0.15, 0.2) is 18.2 Å². The second-order valence-electron chi connectivity index (χ2n) is 3.49. The quantitative estimate of drug-likeness (QED) is 0.452. The fourth-order valence-corrected chi connectivity index (χ4v) is 1.28. The lowest BCUT2D eigenvalue weighted by Gasteiger charge is -2.25. The van der Waals surface area contributed by atoms with E-state index in [4.69, 9.17) is 9.47 Å². The summed E-state index contributed by atoms with van der Waals surface area (Å²) in [7, 11) is 0. The zero-order valence-corrected chi connectivity index (χ0v) is 8.59. The molecule has 17 heavy (non-hydrogen) atoms. The molecule has 0 unspecified atom stereocenters. The molecule has 0 N–H and O–H groups in total. The summed E-state index contributed by atoms with van der Waals surface area (Å²) < 4.78 is 22.8. The minimum absolute atomic E-state index is 0.0509. The number of ether oxygens (including phenoxy) is 2. The van der Waals surface area contributed by atoms with Gasteiger partial charge < -0.3 is 9.47 Å². The molecule has 0 amide bonds. The Hall–Kier alpha value is -2.02. The molecule has 0 aliphatic carbocycles. The Morgan fingerprint density at radius 1 is 1.53 bits per heavy atom. The van der Waals surface area contributed by atoms with Crippen LogP contribution < -0.4 is 0 Å². The molecule has 0 radical (unpaired) electrons. The average Bonchev–Trinajstić information content (AvgIpc) is 2.23. The molecule has 1 aliphatic rings. The number of benzene rings is 1. The Morgan fingerprint density at radius 3 is 2.76 bits per heavy atom. The summed E-state index contributed by atoms with van der Waals surface area (Å²) in [6, 6.07) is 2.87. The Kier molecular flexibility index (Phi) is 3.01. The van der Waals surface area contributed by atoms with E-state index in [2.05, 4.69) is 0 Å². The molecule has 1 saturated heterocycles. The third-order valence-electron chi connectivity index (χ3n) is 2.26. The van der Waals surface area contributed by atoms with Crippen LogP contribution >= 0.6 is 0 Å². The van der Waals surface area contributed by atoms with Crippen molar-refractivity contribution in [1.29, 1.82) is 0 Å². The van der Waals surface area contributed by atoms with Crippen molar-refractivity contribution in [2.24, 2.45) is 0 Å². The lowest BCUT2D eigenvalue weighted by Crippen LogP contribution is -2.37. The Morgan fingerprint density at radius 2 is 2.24 bits per heavy atom. The van der Waals surface area contributed by atoms with E-state index in [1.165, 1.54) is 0 Å². The van der Waals surface area contributed by atoms with E-state index in [9.17, 15) is 19.3 Å². The zero-order chi connectivity index (χ0) is 12.4. The number of nitrogens with zero attached hydrogens (tertiary/aromatic N) is 1. The first-order valence-electron chi connectivity index (χ1n) is 4.80. The molecule has 1 heterocycles. The van der Waals surface area contributed by atoms with Crippen LogP contribution in [0.4, 0.5) is 10.1 Å². The summed E-state index contributed by atoms with van der Waals surface area (Å²) in [5.41, 5.74) is -0.797. The van der Waals surface area contributed by atoms with Gasteiger partial charge >= 0.3 is 11.7 Å². The van der Waals surface area contributed by atoms with Gasteiger partial charge in [-0.3, -0.25) is 10.1 Å². The Bertz CT molecular complexity index is 472. The highest BCUT2D eigenvalue weighted by atomic mass is 19.1. The van der Waals surface area contributed by atoms with Gasteiger partial charge in [0.15, 0.2) is 0 Å². The van der Waals surface area contributed by atoms with Crippen molar-refractivity contribution in [3.05, 3.63) is 39.7 Å². The summed E-state index contributed by atoms with van der Waals surface area (Å²) in [6.07, 6.45) is -0.327. The van der Waals surface area contributed by atoms with E-state index in [1.807, 2.05) is 0 Å². The predicted octanol–water partition coefficient (Wildman–Crippen LogP) is 1.29. The number of rotatable bonds is 3. The van der Waals surface area contributed by atoms with Crippen molar-refractivity contribution in [3.63, 3.8) is 0 Å². The fourth-order valence-electron chi connectivity index (χ4n) is 1.28. The van der Waals surface area contributed by atoms with Crippen LogP contribution in [0.5, 0.6) is 0 Å². The number of hydrogen-bond donors (Lipinski definition) is 0. The van der Waals surface area contributed by atoms with E-state index < -0.39 is 22.4 Å². The molecule has 1 aliphatic heterocycles. The summed E-state index contributed by atoms with van der Waals surface area (Å²) in [4.78, 5) is 21.1. The number of hydrogen-bond acceptors (Lipinski definition) is 5. The third-order valence-corrected chi connectivity index (χ3v) is 2.26. The molecule has 1 aromatic carbocycles. The van der Waals surface area contributed by atoms with Gasteiger partial charge in [0.05, 0.1) is 23.7 Å². The zero-order valence-electron chi connectivity index (χ0n) is 8.59. The number of carbonyl (C=O) groups excluding carboxylic acids is 1. The topological polar surface area (TPSA) is 78.7 Å². The van der Waals surface area contributed by atoms with E-state index in [0.717, 1.165) is 18.2 Å². The normalized spacial score (nSPS) is 15.1. The van der Waals surface area contributed by atoms with Gasteiger partial charge in [-0.1, -0.05) is 0 Å². The lowest BCUT2D eigenvalue weighted by atomic mass is 10.2. The van der Waals surface area contributed by atoms with Gasteiger partial charge in [0, 0.05) is 6.07 Å². The maximum atomic E-state index is 13.0. The molecule has 1 aromatic rings. The molecular formula is C10H8FNO5. The van der Waals surface area contributed by atoms with Crippen LogP contribution in [0, 0.1) is 15.9 Å². The number of nitro benzene ring substituents is 1. The van der Waals surface area contributed by atoms with Crippen LogP contribution in [0.25, 0.3) is 0 Å². The summed E-state index contributed by atoms with van der Waals surface area (Å²) in [6.45, 7) is 0.629. The molecule has 7 heteroatoms. The molecule has 6 nitrogen and oxygen atoms in total. The maximum absolute atomic E-state index is 13.0. The third kappa shape index (κ3) is 2.39. The minimum atomic E-state index is -0.987. The van der Waals surface area contributed by atoms with Gasteiger partial charge in [-0.05, 0) is 12.1 Å². The molecular weight excluding hydrogens is 233 g/mol. The molecule has 0 bridgehead atoms. The second kappa shape index (κ2) is 4.46. The second-order valence-corrected chi connectivity index (χ2v) is 3.49. The van der Waals surface area contributed by atoms with Gasteiger partial charge in [0.25, 0.3) is 0 Å². The highest BCUT2D eigenvalue weighted by Gasteiger charge is 2.25. The van der Waals surface area contributed by atoms with Crippen LogP contribution in [0.1, 0.15) is 10.4 Å². The Balaban J connectivity index is 2.17. The highest BCUT2D eigenvalue weighted by Crippen LogP contribution is 2.20. The van der Waals surface area contributed by atoms with Gasteiger partial charge in [-0.25, -0.2) is 4.79 Å². The largest absolute Gasteiger partial charge is 0.454 e. The summed E-state index contributed by atoms with van der Waals surface area (Å²) in [5, 5.41) is 10.5. The molecule has 2 rings (SSSR count). The lowest BCUT2D eigenvalue weighted by molar-refractivity contribution is -0.387. The summed E-state index contributed by atoms with van der Waals surface area (Å²) >= 11 is 0. The minimum Gasteiger partial charge on any atom is -0.454 e. The van der Waals surface area contributed by atoms with Crippen molar-refractivity contribution in [2.75, 3.05) is 13.2 Å². The van der Waals surface area contributed by atoms with Crippen LogP contribution in [-0.4, -0.2) is 30.2 Å². The molecule has 0 spiro atoms. The van der Waals surface area contributed by atoms with Crippen molar-refractivity contribution in [2.45, 2.75) is 6.10 Å². The number of esters is 1. The van der Waals surface area contributed by atoms with E-state index in [-0.39, 0.29) is 11.7 Å². The van der Waals surface area contributed by atoms with E-state index in [1.54, 1.807) is 0 Å². The molecule has 0 saturated carbocycles. The van der Waals surface area contributed by atoms with Crippen LogP contribution in [0.3, 0.4) is 0 Å². The number of halogens is 1. The average molecular weight is 241 g/mol. The molecule has 0 aromatic heterocycles. The van der Waals surface area contributed by atoms with Crippen molar-refractivity contribution < 1.29 is 23.6 Å². The van der Waals surface area contributed by atoms with Crippen molar-refractivity contribution in [1.82, 2.24) is 0 Å². The molecule has 0 atom stereocenters. The predicted molar refractivity (Wildman–Crippen MR) is 53.1 cm³/mol. The van der Waals surface area contributed by atoms with Gasteiger partial charge in [0.2, 0.25) is 5.82 Å². The van der Waals surface area contributed by atoms with Crippen LogP contribution in [-0.2, 0) is 9.47 Å². The summed E-state index contributed by atoms with van der Waals surface area (Å²) in [5.74, 6) is -1.71. The first-order chi connectivity index (χ1) is 8.08. The first-order valence-corrected chi connectivity index (χ1v) is 4.80. The SMILES string of the molecule is O=C(OC1COC1)c1ccc(F)c([N+](=O)[O-])c1. The fraction of sp³-hybridized carbons (Fsp3) is 0.300. The number of carbonyl (C=O) groups is 1. The van der Waals surface area contributed by atoms with Crippen molar-refractivity contribution >= 4 is 11.7 Å². The highest BCUT2D eigenvalue weighted by molar-refractivity contribution is 5.90. The maximum Gasteiger partial charge on any atom is 0.338 e. The Labute approximate surface area is 95.1 Å². The van der Waals surface area contributed by atoms with Crippen molar-refractivity contribution in [3.8, 4) is 0 Å². The molecule has 90 valence electrons. The number of nitro groups is 1. The monoisotopic (exact) mass is 241 g/mol. The van der Waals surface area contributed by atoms with Crippen LogP contribution in [0.2, 0.25) is 0 Å².